The highest BCUT2D eigenvalue weighted by atomic mass is 35.5. The molecule has 1 atom stereocenters. The van der Waals surface area contributed by atoms with Crippen molar-refractivity contribution in [2.24, 2.45) is 0 Å². The minimum absolute atomic E-state index is 0.176. The first kappa shape index (κ1) is 14.8. The largest absolute Gasteiger partial charge is 0.490 e. The monoisotopic (exact) mass is 272 g/mol. The van der Waals surface area contributed by atoms with Gasteiger partial charge >= 0.3 is 5.97 Å². The number of ether oxygens (including phenoxy) is 2. The van der Waals surface area contributed by atoms with Gasteiger partial charge in [-0.1, -0.05) is 18.5 Å². The molecule has 0 aliphatic rings. The molecule has 1 unspecified atom stereocenters. The van der Waals surface area contributed by atoms with Crippen molar-refractivity contribution >= 4 is 17.6 Å². The van der Waals surface area contributed by atoms with Crippen LogP contribution in [0.15, 0.2) is 18.2 Å². The van der Waals surface area contributed by atoms with E-state index in [0.29, 0.717) is 10.8 Å². The average molecular weight is 273 g/mol. The molecular weight excluding hydrogens is 256 g/mol. The van der Waals surface area contributed by atoms with E-state index < -0.39 is 11.6 Å². The lowest BCUT2D eigenvalue weighted by molar-refractivity contribution is -0.163. The Balaban J connectivity index is 2.72. The normalized spacial score (nSPS) is 13.8. The molecule has 0 heterocycles. The van der Waals surface area contributed by atoms with Crippen LogP contribution in [0.1, 0.15) is 19.4 Å². The number of methoxy groups -OCH3 is 1. The lowest BCUT2D eigenvalue weighted by Gasteiger charge is -2.20. The van der Waals surface area contributed by atoms with Crippen LogP contribution in [-0.2, 0) is 16.0 Å². The number of carbonyl (C=O) groups excluding carboxylic acids is 1. The molecule has 0 aliphatic carbocycles. The van der Waals surface area contributed by atoms with E-state index in [1.54, 1.807) is 18.2 Å². The van der Waals surface area contributed by atoms with E-state index in [-0.39, 0.29) is 6.61 Å². The second-order valence-electron chi connectivity index (χ2n) is 4.16. The molecule has 1 N–H and O–H groups in total. The van der Waals surface area contributed by atoms with Crippen molar-refractivity contribution in [3.8, 4) is 5.75 Å². The van der Waals surface area contributed by atoms with Gasteiger partial charge in [-0.2, -0.15) is 0 Å². The molecule has 0 saturated carbocycles. The molecule has 0 saturated heterocycles. The first-order valence-electron chi connectivity index (χ1n) is 5.62. The van der Waals surface area contributed by atoms with Crippen LogP contribution in [0.4, 0.5) is 0 Å². The molecule has 0 aliphatic heterocycles. The summed E-state index contributed by atoms with van der Waals surface area (Å²) in [4.78, 5) is 11.3. The number of aliphatic hydroxyl groups is 1. The lowest BCUT2D eigenvalue weighted by atomic mass is 10.1. The number of esters is 1. The first-order valence-corrected chi connectivity index (χ1v) is 6.00. The predicted molar refractivity (Wildman–Crippen MR) is 69.0 cm³/mol. The van der Waals surface area contributed by atoms with E-state index in [0.717, 1.165) is 12.0 Å². The van der Waals surface area contributed by atoms with Gasteiger partial charge in [-0.3, -0.25) is 0 Å². The van der Waals surface area contributed by atoms with Gasteiger partial charge in [-0.15, -0.1) is 0 Å². The lowest BCUT2D eigenvalue weighted by Crippen LogP contribution is -2.42. The van der Waals surface area contributed by atoms with Gasteiger partial charge < -0.3 is 14.6 Å². The standard InChI is InChI=1S/C13H17ClO4/c1-4-9-7-10(5-6-11(9)14)18-8-13(2,16)12(15)17-3/h5-7,16H,4,8H2,1-3H3. The van der Waals surface area contributed by atoms with Crippen LogP contribution in [0, 0.1) is 0 Å². The predicted octanol–water partition coefficient (Wildman–Crippen LogP) is 2.21. The summed E-state index contributed by atoms with van der Waals surface area (Å²) in [5.41, 5.74) is -0.715. The molecule has 0 bridgehead atoms. The summed E-state index contributed by atoms with van der Waals surface area (Å²) in [6.45, 7) is 3.15. The van der Waals surface area contributed by atoms with Crippen LogP contribution in [0.25, 0.3) is 0 Å². The summed E-state index contributed by atoms with van der Waals surface area (Å²) in [6.07, 6.45) is 0.781. The highest BCUT2D eigenvalue weighted by Crippen LogP contribution is 2.23. The Morgan fingerprint density at radius 3 is 2.72 bits per heavy atom. The van der Waals surface area contributed by atoms with Crippen molar-refractivity contribution in [1.82, 2.24) is 0 Å². The highest BCUT2D eigenvalue weighted by molar-refractivity contribution is 6.31. The second-order valence-corrected chi connectivity index (χ2v) is 4.57. The third kappa shape index (κ3) is 3.62. The van der Waals surface area contributed by atoms with Crippen molar-refractivity contribution in [2.75, 3.05) is 13.7 Å². The number of hydrogen-bond donors (Lipinski definition) is 1. The molecule has 1 rings (SSSR count). The van der Waals surface area contributed by atoms with E-state index in [1.807, 2.05) is 6.92 Å². The molecule has 4 nitrogen and oxygen atoms in total. The molecule has 0 amide bonds. The Morgan fingerprint density at radius 2 is 2.17 bits per heavy atom. The molecule has 5 heteroatoms. The topological polar surface area (TPSA) is 55.8 Å². The van der Waals surface area contributed by atoms with Crippen LogP contribution < -0.4 is 4.74 Å². The van der Waals surface area contributed by atoms with Crippen molar-refractivity contribution in [3.63, 3.8) is 0 Å². The Morgan fingerprint density at radius 1 is 1.50 bits per heavy atom. The molecule has 0 fully saturated rings. The van der Waals surface area contributed by atoms with Crippen molar-refractivity contribution in [3.05, 3.63) is 28.8 Å². The van der Waals surface area contributed by atoms with Gasteiger partial charge in [-0.05, 0) is 37.1 Å². The van der Waals surface area contributed by atoms with Crippen LogP contribution in [0.3, 0.4) is 0 Å². The molecule has 1 aromatic rings. The molecule has 1 aromatic carbocycles. The zero-order valence-corrected chi connectivity index (χ0v) is 11.5. The Bertz CT molecular complexity index is 429. The fourth-order valence-corrected chi connectivity index (χ4v) is 1.67. The summed E-state index contributed by atoms with van der Waals surface area (Å²) >= 11 is 5.98. The zero-order valence-electron chi connectivity index (χ0n) is 10.7. The number of aryl methyl sites for hydroxylation is 1. The molecule has 18 heavy (non-hydrogen) atoms. The van der Waals surface area contributed by atoms with E-state index in [1.165, 1.54) is 14.0 Å². The van der Waals surface area contributed by atoms with E-state index in [9.17, 15) is 9.90 Å². The quantitative estimate of drug-likeness (QED) is 0.835. The minimum Gasteiger partial charge on any atom is -0.490 e. The third-order valence-corrected chi connectivity index (χ3v) is 2.91. The van der Waals surface area contributed by atoms with Crippen molar-refractivity contribution < 1.29 is 19.4 Å². The smallest absolute Gasteiger partial charge is 0.341 e. The average Bonchev–Trinajstić information content (AvgIpc) is 2.36. The molecule has 0 aromatic heterocycles. The summed E-state index contributed by atoms with van der Waals surface area (Å²) in [5.74, 6) is -0.174. The highest BCUT2D eigenvalue weighted by Gasteiger charge is 2.32. The van der Waals surface area contributed by atoms with Crippen LogP contribution in [0.2, 0.25) is 5.02 Å². The van der Waals surface area contributed by atoms with Gasteiger partial charge in [0.2, 0.25) is 0 Å². The van der Waals surface area contributed by atoms with Gasteiger partial charge in [-0.25, -0.2) is 4.79 Å². The third-order valence-electron chi connectivity index (χ3n) is 2.54. The van der Waals surface area contributed by atoms with Crippen LogP contribution in [0.5, 0.6) is 5.75 Å². The SMILES string of the molecule is CCc1cc(OCC(C)(O)C(=O)OC)ccc1Cl. The molecule has 0 spiro atoms. The molecular formula is C13H17ClO4. The summed E-state index contributed by atoms with van der Waals surface area (Å²) < 4.78 is 9.86. The van der Waals surface area contributed by atoms with Gasteiger partial charge in [0.15, 0.2) is 5.60 Å². The van der Waals surface area contributed by atoms with Crippen LogP contribution >= 0.6 is 11.6 Å². The van der Waals surface area contributed by atoms with Gasteiger partial charge in [0.1, 0.15) is 12.4 Å². The molecule has 100 valence electrons. The second kappa shape index (κ2) is 6.07. The Kier molecular flexibility index (Phi) is 4.99. The van der Waals surface area contributed by atoms with Gasteiger partial charge in [0.25, 0.3) is 0 Å². The molecule has 0 radical (unpaired) electrons. The minimum atomic E-state index is -1.67. The number of halogens is 1. The Hall–Kier alpha value is -1.26. The maximum atomic E-state index is 11.3. The Labute approximate surface area is 111 Å². The van der Waals surface area contributed by atoms with E-state index in [2.05, 4.69) is 4.74 Å². The summed E-state index contributed by atoms with van der Waals surface area (Å²) in [5, 5.41) is 10.5. The van der Waals surface area contributed by atoms with Crippen molar-refractivity contribution in [1.29, 1.82) is 0 Å². The summed E-state index contributed by atoms with van der Waals surface area (Å²) in [6, 6.07) is 5.20. The van der Waals surface area contributed by atoms with E-state index >= 15 is 0 Å². The number of benzene rings is 1. The fraction of sp³-hybridized carbons (Fsp3) is 0.462. The van der Waals surface area contributed by atoms with Gasteiger partial charge in [0, 0.05) is 5.02 Å². The maximum Gasteiger partial charge on any atom is 0.341 e. The zero-order chi connectivity index (χ0) is 13.8. The van der Waals surface area contributed by atoms with Gasteiger partial charge in [0.05, 0.1) is 7.11 Å². The number of carbonyl (C=O) groups is 1. The number of hydrogen-bond acceptors (Lipinski definition) is 4. The first-order chi connectivity index (χ1) is 8.40. The number of rotatable bonds is 5. The van der Waals surface area contributed by atoms with Crippen LogP contribution in [-0.4, -0.2) is 30.4 Å². The fourth-order valence-electron chi connectivity index (χ4n) is 1.41. The summed E-state index contributed by atoms with van der Waals surface area (Å²) in [7, 11) is 1.22. The van der Waals surface area contributed by atoms with E-state index in [4.69, 9.17) is 16.3 Å². The van der Waals surface area contributed by atoms with Crippen molar-refractivity contribution in [2.45, 2.75) is 25.9 Å². The maximum absolute atomic E-state index is 11.3.